The van der Waals surface area contributed by atoms with E-state index >= 15 is 0 Å². The lowest BCUT2D eigenvalue weighted by atomic mass is 9.59. The number of carboxylic acid groups (broad SMARTS) is 1. The van der Waals surface area contributed by atoms with E-state index in [0.29, 0.717) is 25.0 Å². The second-order valence-corrected chi connectivity index (χ2v) is 6.47. The van der Waals surface area contributed by atoms with Gasteiger partial charge in [-0.2, -0.15) is 0 Å². The molecule has 1 saturated carbocycles. The van der Waals surface area contributed by atoms with E-state index in [1.807, 2.05) is 6.92 Å². The van der Waals surface area contributed by atoms with Crippen LogP contribution in [0.3, 0.4) is 0 Å². The fraction of sp³-hybridized carbons (Fsp3) is 0.667. The van der Waals surface area contributed by atoms with E-state index in [1.54, 1.807) is 26.0 Å². The second kappa shape index (κ2) is 4.69. The highest BCUT2D eigenvalue weighted by Gasteiger charge is 2.67. The van der Waals surface area contributed by atoms with Gasteiger partial charge in [0.15, 0.2) is 0 Å². The smallest absolute Gasteiger partial charge is 0.328 e. The highest BCUT2D eigenvalue weighted by Crippen LogP contribution is 2.57. The molecular weight excluding hydrogens is 260 g/mol. The lowest BCUT2D eigenvalue weighted by Crippen LogP contribution is -2.60. The second-order valence-electron chi connectivity index (χ2n) is 6.47. The Labute approximate surface area is 118 Å². The third-order valence-electron chi connectivity index (χ3n) is 4.69. The zero-order valence-corrected chi connectivity index (χ0v) is 12.1. The molecule has 2 fully saturated rings. The van der Waals surface area contributed by atoms with Crippen LogP contribution in [0.2, 0.25) is 0 Å². The number of rotatable bonds is 3. The molecule has 20 heavy (non-hydrogen) atoms. The van der Waals surface area contributed by atoms with E-state index < -0.39 is 28.7 Å². The first-order valence-corrected chi connectivity index (χ1v) is 6.77. The molecule has 4 atom stereocenters. The Bertz CT molecular complexity index is 461. The van der Waals surface area contributed by atoms with Crippen molar-refractivity contribution in [3.63, 3.8) is 0 Å². The Morgan fingerprint density at radius 2 is 2.00 bits per heavy atom. The third-order valence-corrected chi connectivity index (χ3v) is 4.69. The minimum atomic E-state index is -1.22. The number of fused-ring (bicyclic) bond motifs is 2. The minimum absolute atomic E-state index is 0.366. The van der Waals surface area contributed by atoms with Crippen molar-refractivity contribution < 1.29 is 24.9 Å². The molecule has 0 spiro atoms. The van der Waals surface area contributed by atoms with Gasteiger partial charge in [0.2, 0.25) is 0 Å². The molecule has 0 aromatic carbocycles. The van der Waals surface area contributed by atoms with Crippen molar-refractivity contribution in [1.82, 2.24) is 0 Å². The number of allylic oxidation sites excluding steroid dienone is 2. The van der Waals surface area contributed by atoms with Crippen molar-refractivity contribution in [3.05, 3.63) is 23.8 Å². The van der Waals surface area contributed by atoms with Crippen molar-refractivity contribution in [1.29, 1.82) is 0 Å². The normalized spacial score (nSPS) is 45.0. The molecule has 112 valence electrons. The maximum Gasteiger partial charge on any atom is 0.328 e. The summed E-state index contributed by atoms with van der Waals surface area (Å²) in [6.45, 7) is 5.73. The summed E-state index contributed by atoms with van der Waals surface area (Å²) in [4.78, 5) is 10.6. The number of hydrogen-bond acceptors (Lipinski definition) is 4. The van der Waals surface area contributed by atoms with Crippen LogP contribution in [0.15, 0.2) is 23.8 Å². The Hall–Kier alpha value is -1.17. The molecule has 2 rings (SSSR count). The number of carbonyl (C=O) groups is 1. The molecule has 0 aromatic rings. The Balaban J connectivity index is 2.34. The first-order valence-electron chi connectivity index (χ1n) is 6.77. The minimum Gasteiger partial charge on any atom is -0.478 e. The Morgan fingerprint density at radius 1 is 1.35 bits per heavy atom. The van der Waals surface area contributed by atoms with Crippen LogP contribution in [0.4, 0.5) is 0 Å². The molecule has 5 heteroatoms. The van der Waals surface area contributed by atoms with Crippen molar-refractivity contribution in [2.75, 3.05) is 6.61 Å². The SMILES string of the molecule is CC(C=C[C@]1(O)[C@]2(C)CO[C@@]1(C)C[C@H](O)C2)=CC(=O)O. The molecule has 2 bridgehead atoms. The van der Waals surface area contributed by atoms with E-state index in [2.05, 4.69) is 0 Å². The van der Waals surface area contributed by atoms with Crippen LogP contribution in [-0.4, -0.2) is 45.2 Å². The summed E-state index contributed by atoms with van der Waals surface area (Å²) >= 11 is 0. The molecule has 3 N–H and O–H groups in total. The van der Waals surface area contributed by atoms with E-state index in [-0.39, 0.29) is 0 Å². The Kier molecular flexibility index (Phi) is 3.57. The van der Waals surface area contributed by atoms with E-state index in [9.17, 15) is 15.0 Å². The van der Waals surface area contributed by atoms with Gasteiger partial charge in [0, 0.05) is 17.9 Å². The van der Waals surface area contributed by atoms with Gasteiger partial charge in [-0.25, -0.2) is 4.79 Å². The van der Waals surface area contributed by atoms with Gasteiger partial charge in [-0.05, 0) is 31.9 Å². The van der Waals surface area contributed by atoms with Gasteiger partial charge >= 0.3 is 5.97 Å². The van der Waals surface area contributed by atoms with Crippen LogP contribution < -0.4 is 0 Å². The number of carboxylic acids is 1. The molecule has 1 aliphatic carbocycles. The van der Waals surface area contributed by atoms with Crippen LogP contribution in [0, 0.1) is 5.41 Å². The van der Waals surface area contributed by atoms with Gasteiger partial charge in [-0.1, -0.05) is 13.0 Å². The summed E-state index contributed by atoms with van der Waals surface area (Å²) in [5.74, 6) is -1.02. The summed E-state index contributed by atoms with van der Waals surface area (Å²) < 4.78 is 5.77. The number of aliphatic carboxylic acids is 1. The number of aliphatic hydroxyl groups is 2. The van der Waals surface area contributed by atoms with Crippen molar-refractivity contribution in [3.8, 4) is 0 Å². The van der Waals surface area contributed by atoms with Crippen LogP contribution in [0.1, 0.15) is 33.6 Å². The molecular formula is C15H22O5. The number of ether oxygens (including phenoxy) is 1. The predicted octanol–water partition coefficient (Wildman–Crippen LogP) is 1.25. The topological polar surface area (TPSA) is 87.0 Å². The zero-order chi connectivity index (χ0) is 15.2. The molecule has 2 aliphatic rings. The number of hydrogen-bond donors (Lipinski definition) is 3. The lowest BCUT2D eigenvalue weighted by molar-refractivity contribution is -0.150. The molecule has 1 heterocycles. The Morgan fingerprint density at radius 3 is 2.55 bits per heavy atom. The molecule has 0 aromatic heterocycles. The third kappa shape index (κ3) is 2.20. The molecule has 5 nitrogen and oxygen atoms in total. The monoisotopic (exact) mass is 282 g/mol. The van der Waals surface area contributed by atoms with Crippen molar-refractivity contribution >= 4 is 5.97 Å². The van der Waals surface area contributed by atoms with Gasteiger partial charge < -0.3 is 20.1 Å². The van der Waals surface area contributed by atoms with Gasteiger partial charge in [0.05, 0.1) is 12.7 Å². The summed E-state index contributed by atoms with van der Waals surface area (Å²) in [5, 5.41) is 29.7. The molecule has 1 saturated heterocycles. The summed E-state index contributed by atoms with van der Waals surface area (Å²) in [6, 6.07) is 0. The highest BCUT2D eigenvalue weighted by molar-refractivity contribution is 5.81. The maximum absolute atomic E-state index is 11.1. The molecule has 0 radical (unpaired) electrons. The van der Waals surface area contributed by atoms with Crippen LogP contribution in [0.25, 0.3) is 0 Å². The predicted molar refractivity (Wildman–Crippen MR) is 73.2 cm³/mol. The van der Waals surface area contributed by atoms with Gasteiger partial charge in [-0.15, -0.1) is 0 Å². The number of aliphatic hydroxyl groups excluding tert-OH is 1. The standard InChI is InChI=1S/C15H22O5/c1-10(6-12(17)18)4-5-15(19)13(2)7-11(16)8-14(15,3)20-9-13/h4-6,11,16,19H,7-9H2,1-3H3,(H,17,18)/t11-,13+,14+,15+/m1/s1. The van der Waals surface area contributed by atoms with Gasteiger partial charge in [0.1, 0.15) is 11.2 Å². The summed E-state index contributed by atoms with van der Waals surface area (Å²) in [6.07, 6.45) is 4.66. The first-order chi connectivity index (χ1) is 9.12. The summed E-state index contributed by atoms with van der Waals surface area (Å²) in [5.41, 5.74) is -2.09. The lowest BCUT2D eigenvalue weighted by Gasteiger charge is -2.49. The van der Waals surface area contributed by atoms with Crippen LogP contribution in [0.5, 0.6) is 0 Å². The molecule has 0 unspecified atom stereocenters. The van der Waals surface area contributed by atoms with E-state index in [0.717, 1.165) is 6.08 Å². The van der Waals surface area contributed by atoms with E-state index in [4.69, 9.17) is 9.84 Å². The summed E-state index contributed by atoms with van der Waals surface area (Å²) in [7, 11) is 0. The van der Waals surface area contributed by atoms with Crippen molar-refractivity contribution in [2.45, 2.75) is 50.9 Å². The average molecular weight is 282 g/mol. The largest absolute Gasteiger partial charge is 0.478 e. The zero-order valence-electron chi connectivity index (χ0n) is 12.1. The van der Waals surface area contributed by atoms with Crippen LogP contribution >= 0.6 is 0 Å². The van der Waals surface area contributed by atoms with Crippen molar-refractivity contribution in [2.24, 2.45) is 5.41 Å². The fourth-order valence-corrected chi connectivity index (χ4v) is 3.52. The van der Waals surface area contributed by atoms with Gasteiger partial charge in [-0.3, -0.25) is 0 Å². The quantitative estimate of drug-likeness (QED) is 0.536. The maximum atomic E-state index is 11.1. The van der Waals surface area contributed by atoms with Gasteiger partial charge in [0.25, 0.3) is 0 Å². The first kappa shape index (κ1) is 15.2. The van der Waals surface area contributed by atoms with E-state index in [1.165, 1.54) is 0 Å². The molecule has 1 aliphatic heterocycles. The molecule has 0 amide bonds. The average Bonchev–Trinajstić information content (AvgIpc) is 2.43. The fourth-order valence-electron chi connectivity index (χ4n) is 3.52. The van der Waals surface area contributed by atoms with Crippen LogP contribution in [-0.2, 0) is 9.53 Å². The highest BCUT2D eigenvalue weighted by atomic mass is 16.5.